The first-order valence-electron chi connectivity index (χ1n) is 13.6. The topological polar surface area (TPSA) is 94.8 Å². The zero-order valence-electron chi connectivity index (χ0n) is 22.6. The van der Waals surface area contributed by atoms with Crippen molar-refractivity contribution in [1.29, 1.82) is 0 Å². The SMILES string of the molecule is CCOc1cc(C=Nn2c(C3CCCCC3)nc3ccccc3c2=O)c(Br)cc1OCC(=O)Nc1ccc(F)cc1. The van der Waals surface area contributed by atoms with Gasteiger partial charge in [0.25, 0.3) is 11.5 Å². The molecular formula is C31H30BrFN4O4. The van der Waals surface area contributed by atoms with Crippen LogP contribution in [0, 0.1) is 5.82 Å². The van der Waals surface area contributed by atoms with Crippen LogP contribution >= 0.6 is 15.9 Å². The van der Waals surface area contributed by atoms with E-state index in [2.05, 4.69) is 26.3 Å². The lowest BCUT2D eigenvalue weighted by Gasteiger charge is -2.22. The molecular weight excluding hydrogens is 591 g/mol. The molecule has 0 unspecified atom stereocenters. The van der Waals surface area contributed by atoms with Crippen LogP contribution in [0.2, 0.25) is 0 Å². The largest absolute Gasteiger partial charge is 0.490 e. The van der Waals surface area contributed by atoms with Crippen LogP contribution in [0.25, 0.3) is 10.9 Å². The summed E-state index contributed by atoms with van der Waals surface area (Å²) in [4.78, 5) is 30.8. The van der Waals surface area contributed by atoms with Crippen LogP contribution in [0.5, 0.6) is 11.5 Å². The van der Waals surface area contributed by atoms with Gasteiger partial charge in [-0.2, -0.15) is 9.78 Å². The molecule has 4 aromatic rings. The number of nitrogens with zero attached hydrogens (tertiary/aromatic N) is 3. The van der Waals surface area contributed by atoms with Gasteiger partial charge < -0.3 is 14.8 Å². The van der Waals surface area contributed by atoms with Crippen molar-refractivity contribution in [3.63, 3.8) is 0 Å². The number of aromatic nitrogens is 2. The molecule has 1 N–H and O–H groups in total. The van der Waals surface area contributed by atoms with Crippen LogP contribution < -0.4 is 20.3 Å². The first-order chi connectivity index (χ1) is 19.9. The molecule has 1 aliphatic carbocycles. The average Bonchev–Trinajstić information content (AvgIpc) is 2.99. The lowest BCUT2D eigenvalue weighted by atomic mass is 9.88. The maximum Gasteiger partial charge on any atom is 0.282 e. The van der Waals surface area contributed by atoms with Crippen molar-refractivity contribution in [3.05, 3.63) is 92.7 Å². The van der Waals surface area contributed by atoms with Crippen molar-refractivity contribution in [1.82, 2.24) is 9.66 Å². The second kappa shape index (κ2) is 13.1. The zero-order chi connectivity index (χ0) is 28.8. The minimum atomic E-state index is -0.403. The molecule has 1 aromatic heterocycles. The molecule has 10 heteroatoms. The van der Waals surface area contributed by atoms with Gasteiger partial charge in [-0.15, -0.1) is 0 Å². The van der Waals surface area contributed by atoms with Gasteiger partial charge in [0.05, 0.1) is 23.7 Å². The zero-order valence-corrected chi connectivity index (χ0v) is 24.2. The Morgan fingerprint density at radius 1 is 1.10 bits per heavy atom. The lowest BCUT2D eigenvalue weighted by Crippen LogP contribution is -2.25. The summed E-state index contributed by atoms with van der Waals surface area (Å²) in [5.41, 5.74) is 1.59. The molecule has 0 radical (unpaired) electrons. The summed E-state index contributed by atoms with van der Waals surface area (Å²) in [5, 5.41) is 7.80. The Morgan fingerprint density at radius 2 is 1.83 bits per heavy atom. The Labute approximate surface area is 245 Å². The van der Waals surface area contributed by atoms with Crippen molar-refractivity contribution in [2.75, 3.05) is 18.5 Å². The summed E-state index contributed by atoms with van der Waals surface area (Å²) in [6, 6.07) is 16.2. The third-order valence-electron chi connectivity index (χ3n) is 6.91. The highest BCUT2D eigenvalue weighted by Crippen LogP contribution is 2.34. The molecule has 3 aromatic carbocycles. The van der Waals surface area contributed by atoms with Gasteiger partial charge >= 0.3 is 0 Å². The summed E-state index contributed by atoms with van der Waals surface area (Å²) >= 11 is 3.56. The highest BCUT2D eigenvalue weighted by Gasteiger charge is 2.22. The number of para-hydroxylation sites is 1. The van der Waals surface area contributed by atoms with Gasteiger partial charge in [0.2, 0.25) is 0 Å². The Balaban J connectivity index is 1.41. The molecule has 41 heavy (non-hydrogen) atoms. The molecule has 1 saturated carbocycles. The van der Waals surface area contributed by atoms with Crippen LogP contribution in [0.4, 0.5) is 10.1 Å². The normalized spacial score (nSPS) is 13.9. The first-order valence-corrected chi connectivity index (χ1v) is 14.4. The van der Waals surface area contributed by atoms with Gasteiger partial charge in [-0.05, 0) is 84.2 Å². The number of amides is 1. The number of carbonyl (C=O) groups is 1. The molecule has 0 atom stereocenters. The van der Waals surface area contributed by atoms with E-state index in [1.54, 1.807) is 24.4 Å². The van der Waals surface area contributed by atoms with Crippen molar-refractivity contribution in [2.24, 2.45) is 5.10 Å². The molecule has 0 saturated heterocycles. The molecule has 0 spiro atoms. The van der Waals surface area contributed by atoms with Crippen molar-refractivity contribution in [3.8, 4) is 11.5 Å². The van der Waals surface area contributed by atoms with Gasteiger partial charge in [0, 0.05) is 21.6 Å². The number of anilines is 1. The van der Waals surface area contributed by atoms with Crippen LogP contribution in [-0.4, -0.2) is 35.0 Å². The highest BCUT2D eigenvalue weighted by atomic mass is 79.9. The lowest BCUT2D eigenvalue weighted by molar-refractivity contribution is -0.118. The smallest absolute Gasteiger partial charge is 0.282 e. The van der Waals surface area contributed by atoms with E-state index in [4.69, 9.17) is 14.5 Å². The third-order valence-corrected chi connectivity index (χ3v) is 7.60. The van der Waals surface area contributed by atoms with E-state index < -0.39 is 5.91 Å². The van der Waals surface area contributed by atoms with Gasteiger partial charge in [-0.25, -0.2) is 9.37 Å². The molecule has 212 valence electrons. The van der Waals surface area contributed by atoms with E-state index in [1.165, 1.54) is 35.4 Å². The Hall–Kier alpha value is -4.05. The number of rotatable bonds is 9. The molecule has 0 aliphatic heterocycles. The number of fused-ring (bicyclic) bond motifs is 1. The minimum Gasteiger partial charge on any atom is -0.490 e. The van der Waals surface area contributed by atoms with Crippen LogP contribution in [0.15, 0.2) is 75.0 Å². The average molecular weight is 622 g/mol. The fourth-order valence-corrected chi connectivity index (χ4v) is 5.33. The van der Waals surface area contributed by atoms with Crippen molar-refractivity contribution < 1.29 is 18.7 Å². The molecule has 8 nitrogen and oxygen atoms in total. The second-order valence-electron chi connectivity index (χ2n) is 9.78. The first kappa shape index (κ1) is 28.5. The van der Waals surface area contributed by atoms with E-state index in [-0.39, 0.29) is 23.9 Å². The van der Waals surface area contributed by atoms with Crippen LogP contribution in [-0.2, 0) is 4.79 Å². The van der Waals surface area contributed by atoms with E-state index in [0.717, 1.165) is 25.7 Å². The summed E-state index contributed by atoms with van der Waals surface area (Å²) in [5.74, 6) is 0.830. The van der Waals surface area contributed by atoms with Crippen molar-refractivity contribution >= 4 is 44.6 Å². The number of nitrogens with one attached hydrogen (secondary N) is 1. The third kappa shape index (κ3) is 6.82. The predicted octanol–water partition coefficient (Wildman–Crippen LogP) is 6.64. The maximum atomic E-state index is 13.5. The molecule has 1 amide bonds. The van der Waals surface area contributed by atoms with E-state index >= 15 is 0 Å². The molecule has 1 aliphatic rings. The molecule has 1 fully saturated rings. The monoisotopic (exact) mass is 620 g/mol. The Bertz CT molecular complexity index is 1630. The minimum absolute atomic E-state index is 0.164. The number of hydrogen-bond acceptors (Lipinski definition) is 6. The number of benzene rings is 3. The number of hydrogen-bond donors (Lipinski definition) is 1. The van der Waals surface area contributed by atoms with E-state index in [0.29, 0.717) is 50.6 Å². The van der Waals surface area contributed by atoms with Gasteiger partial charge in [0.1, 0.15) is 11.6 Å². The molecule has 1 heterocycles. The number of carbonyl (C=O) groups excluding carboxylic acids is 1. The standard InChI is InChI=1S/C31H30BrFN4O4/c1-2-40-27-16-21(25(32)17-28(27)41-19-29(38)35-23-14-12-22(33)13-15-23)18-34-37-30(20-8-4-3-5-9-20)36-26-11-7-6-10-24(26)31(37)39/h6-7,10-18,20H,2-5,8-9,19H2,1H3,(H,35,38). The van der Waals surface area contributed by atoms with E-state index in [9.17, 15) is 14.0 Å². The fraction of sp³-hybridized carbons (Fsp3) is 0.290. The maximum absolute atomic E-state index is 13.5. The predicted molar refractivity (Wildman–Crippen MR) is 161 cm³/mol. The number of ether oxygens (including phenoxy) is 2. The van der Waals surface area contributed by atoms with Gasteiger partial charge in [-0.3, -0.25) is 9.59 Å². The Kier molecular flexibility index (Phi) is 9.08. The highest BCUT2D eigenvalue weighted by molar-refractivity contribution is 9.10. The van der Waals surface area contributed by atoms with Crippen LogP contribution in [0.1, 0.15) is 56.3 Å². The molecule has 5 rings (SSSR count). The van der Waals surface area contributed by atoms with Crippen LogP contribution in [0.3, 0.4) is 0 Å². The van der Waals surface area contributed by atoms with Crippen molar-refractivity contribution in [2.45, 2.75) is 44.9 Å². The summed E-state index contributed by atoms with van der Waals surface area (Å²) in [6.07, 6.45) is 6.93. The summed E-state index contributed by atoms with van der Waals surface area (Å²) in [6.45, 7) is 1.94. The van der Waals surface area contributed by atoms with Gasteiger partial charge in [-0.1, -0.05) is 31.4 Å². The Morgan fingerprint density at radius 3 is 2.59 bits per heavy atom. The molecule has 0 bridgehead atoms. The fourth-order valence-electron chi connectivity index (χ4n) is 4.90. The second-order valence-corrected chi connectivity index (χ2v) is 10.6. The van der Waals surface area contributed by atoms with Gasteiger partial charge in [0.15, 0.2) is 18.1 Å². The summed E-state index contributed by atoms with van der Waals surface area (Å²) in [7, 11) is 0. The summed E-state index contributed by atoms with van der Waals surface area (Å²) < 4.78 is 26.7. The quantitative estimate of drug-likeness (QED) is 0.212. The number of halogens is 2. The van der Waals surface area contributed by atoms with E-state index in [1.807, 2.05) is 25.1 Å².